The van der Waals surface area contributed by atoms with Gasteiger partial charge in [-0.1, -0.05) is 24.3 Å². The van der Waals surface area contributed by atoms with Crippen LogP contribution in [0.4, 0.5) is 17.3 Å². The molecule has 0 saturated carbocycles. The normalized spacial score (nSPS) is 11.0. The molecule has 0 spiro atoms. The summed E-state index contributed by atoms with van der Waals surface area (Å²) in [5.41, 5.74) is 2.63. The number of fused-ring (bicyclic) bond motifs is 2. The Labute approximate surface area is 161 Å². The minimum atomic E-state index is 0.628. The summed E-state index contributed by atoms with van der Waals surface area (Å²) in [6, 6.07) is 17.8. The first kappa shape index (κ1) is 16.2. The monoisotopic (exact) mass is 367 g/mol. The summed E-state index contributed by atoms with van der Waals surface area (Å²) in [5.74, 6) is 2.14. The molecule has 7 nitrogen and oxygen atoms in total. The van der Waals surface area contributed by atoms with Gasteiger partial charge in [-0.2, -0.15) is 0 Å². The lowest BCUT2D eigenvalue weighted by molar-refractivity contribution is 0.966. The van der Waals surface area contributed by atoms with Gasteiger partial charge in [0.1, 0.15) is 11.6 Å². The van der Waals surface area contributed by atoms with Gasteiger partial charge in [0.2, 0.25) is 0 Å². The topological polar surface area (TPSA) is 80.0 Å². The zero-order chi connectivity index (χ0) is 18.9. The minimum Gasteiger partial charge on any atom is -0.373 e. The first-order valence-electron chi connectivity index (χ1n) is 8.92. The lowest BCUT2D eigenvalue weighted by atomic mass is 10.1. The highest BCUT2D eigenvalue weighted by molar-refractivity contribution is 6.01. The molecule has 0 aliphatic rings. The molecule has 136 valence electrons. The molecule has 0 aliphatic heterocycles. The van der Waals surface area contributed by atoms with Crippen LogP contribution in [-0.4, -0.2) is 31.6 Å². The Hall–Kier alpha value is -4.00. The van der Waals surface area contributed by atoms with Crippen molar-refractivity contribution in [2.24, 2.45) is 0 Å². The third-order valence-corrected chi connectivity index (χ3v) is 4.54. The lowest BCUT2D eigenvalue weighted by Crippen LogP contribution is -1.99. The summed E-state index contributed by atoms with van der Waals surface area (Å²) in [6.45, 7) is 0. The molecule has 7 heteroatoms. The van der Waals surface area contributed by atoms with Crippen molar-refractivity contribution in [3.63, 3.8) is 0 Å². The maximum absolute atomic E-state index is 4.65. The molecule has 5 rings (SSSR count). The summed E-state index contributed by atoms with van der Waals surface area (Å²) < 4.78 is 1.76. The van der Waals surface area contributed by atoms with E-state index in [0.29, 0.717) is 5.82 Å². The molecule has 0 unspecified atom stereocenters. The molecule has 0 radical (unpaired) electrons. The van der Waals surface area contributed by atoms with Crippen LogP contribution < -0.4 is 10.6 Å². The van der Waals surface area contributed by atoms with E-state index in [1.165, 1.54) is 0 Å². The van der Waals surface area contributed by atoms with Crippen LogP contribution in [0.25, 0.3) is 27.8 Å². The zero-order valence-corrected chi connectivity index (χ0v) is 15.2. The van der Waals surface area contributed by atoms with Crippen LogP contribution in [0.5, 0.6) is 0 Å². The van der Waals surface area contributed by atoms with E-state index in [1.807, 2.05) is 74.0 Å². The maximum atomic E-state index is 4.65. The number of pyridine rings is 3. The second-order valence-corrected chi connectivity index (χ2v) is 6.32. The Morgan fingerprint density at radius 1 is 0.893 bits per heavy atom. The molecule has 0 fully saturated rings. The largest absolute Gasteiger partial charge is 0.373 e. The highest BCUT2D eigenvalue weighted by atomic mass is 15.3. The van der Waals surface area contributed by atoms with E-state index >= 15 is 0 Å². The number of hydrogen-bond donors (Lipinski definition) is 2. The molecule has 0 saturated heterocycles. The fourth-order valence-electron chi connectivity index (χ4n) is 3.20. The molecular weight excluding hydrogens is 350 g/mol. The molecule has 0 amide bonds. The van der Waals surface area contributed by atoms with Gasteiger partial charge in [0.25, 0.3) is 0 Å². The van der Waals surface area contributed by atoms with E-state index < -0.39 is 0 Å². The first-order chi connectivity index (χ1) is 13.8. The van der Waals surface area contributed by atoms with E-state index in [0.717, 1.165) is 39.3 Å². The van der Waals surface area contributed by atoms with E-state index in [-0.39, 0.29) is 0 Å². The third kappa shape index (κ3) is 2.79. The predicted molar refractivity (Wildman–Crippen MR) is 111 cm³/mol. The number of anilines is 3. The highest BCUT2D eigenvalue weighted by Crippen LogP contribution is 2.31. The van der Waals surface area contributed by atoms with Crippen molar-refractivity contribution in [2.45, 2.75) is 0 Å². The number of benzene rings is 1. The van der Waals surface area contributed by atoms with Gasteiger partial charge in [0.15, 0.2) is 11.5 Å². The fraction of sp³-hybridized carbons (Fsp3) is 0.0476. The Morgan fingerprint density at radius 2 is 1.75 bits per heavy atom. The third-order valence-electron chi connectivity index (χ3n) is 4.54. The molecule has 2 N–H and O–H groups in total. The van der Waals surface area contributed by atoms with Crippen molar-refractivity contribution in [3.8, 4) is 11.4 Å². The Kier molecular flexibility index (Phi) is 3.83. The molecule has 0 atom stereocenters. The SMILES string of the molecule is CNc1ncc(-c2nc3ccccn3n2)c2cc(Nc3ccccc3)ncc12. The Bertz CT molecular complexity index is 1250. The molecule has 4 aromatic heterocycles. The number of rotatable bonds is 4. The Morgan fingerprint density at radius 3 is 2.57 bits per heavy atom. The van der Waals surface area contributed by atoms with Gasteiger partial charge in [-0.3, -0.25) is 0 Å². The van der Waals surface area contributed by atoms with Crippen molar-refractivity contribution in [2.75, 3.05) is 17.7 Å². The van der Waals surface area contributed by atoms with Crippen molar-refractivity contribution in [3.05, 3.63) is 73.2 Å². The van der Waals surface area contributed by atoms with Crippen LogP contribution in [0.2, 0.25) is 0 Å². The quantitative estimate of drug-likeness (QED) is 0.497. The fourth-order valence-corrected chi connectivity index (χ4v) is 3.20. The maximum Gasteiger partial charge on any atom is 0.184 e. The van der Waals surface area contributed by atoms with Crippen LogP contribution in [0.1, 0.15) is 0 Å². The van der Waals surface area contributed by atoms with Gasteiger partial charge in [-0.05, 0) is 30.3 Å². The molecular formula is C21H17N7. The van der Waals surface area contributed by atoms with Crippen LogP contribution in [-0.2, 0) is 0 Å². The van der Waals surface area contributed by atoms with Gasteiger partial charge >= 0.3 is 0 Å². The van der Waals surface area contributed by atoms with E-state index in [4.69, 9.17) is 0 Å². The summed E-state index contributed by atoms with van der Waals surface area (Å²) >= 11 is 0. The second kappa shape index (κ2) is 6.62. The number of hydrogen-bond acceptors (Lipinski definition) is 6. The van der Waals surface area contributed by atoms with Crippen LogP contribution in [0, 0.1) is 0 Å². The summed E-state index contributed by atoms with van der Waals surface area (Å²) in [5, 5.41) is 13.0. The van der Waals surface area contributed by atoms with Gasteiger partial charge in [-0.15, -0.1) is 5.10 Å². The van der Waals surface area contributed by atoms with Gasteiger partial charge < -0.3 is 10.6 Å². The molecule has 28 heavy (non-hydrogen) atoms. The van der Waals surface area contributed by atoms with E-state index in [1.54, 1.807) is 10.7 Å². The summed E-state index contributed by atoms with van der Waals surface area (Å²) in [4.78, 5) is 13.7. The van der Waals surface area contributed by atoms with Gasteiger partial charge in [-0.25, -0.2) is 19.5 Å². The van der Waals surface area contributed by atoms with Crippen LogP contribution >= 0.6 is 0 Å². The number of nitrogens with zero attached hydrogens (tertiary/aromatic N) is 5. The average Bonchev–Trinajstić information content (AvgIpc) is 3.17. The van der Waals surface area contributed by atoms with Gasteiger partial charge in [0, 0.05) is 47.7 Å². The Balaban J connectivity index is 1.68. The highest BCUT2D eigenvalue weighted by Gasteiger charge is 2.14. The van der Waals surface area contributed by atoms with Crippen molar-refractivity contribution < 1.29 is 0 Å². The zero-order valence-electron chi connectivity index (χ0n) is 15.2. The smallest absolute Gasteiger partial charge is 0.184 e. The van der Waals surface area contributed by atoms with E-state index in [9.17, 15) is 0 Å². The van der Waals surface area contributed by atoms with Crippen LogP contribution in [0.15, 0.2) is 73.2 Å². The second-order valence-electron chi connectivity index (χ2n) is 6.32. The van der Waals surface area contributed by atoms with Crippen LogP contribution in [0.3, 0.4) is 0 Å². The first-order valence-corrected chi connectivity index (χ1v) is 8.92. The molecule has 0 aliphatic carbocycles. The van der Waals surface area contributed by atoms with Crippen molar-refractivity contribution in [1.82, 2.24) is 24.6 Å². The standard InChI is InChI=1S/C21H17N7/c1-22-20-16-12-23-18(25-14-7-3-2-4-8-14)11-15(16)17(13-24-20)21-26-19-9-5-6-10-28(19)27-21/h2-13H,1H3,(H,22,24)(H,23,25). The molecule has 4 heterocycles. The lowest BCUT2D eigenvalue weighted by Gasteiger charge is -2.11. The minimum absolute atomic E-state index is 0.628. The molecule has 0 bridgehead atoms. The molecule has 1 aromatic carbocycles. The molecule has 5 aromatic rings. The van der Waals surface area contributed by atoms with E-state index in [2.05, 4.69) is 30.7 Å². The van der Waals surface area contributed by atoms with Gasteiger partial charge in [0.05, 0.1) is 0 Å². The summed E-state index contributed by atoms with van der Waals surface area (Å²) in [7, 11) is 1.85. The van der Waals surface area contributed by atoms with Crippen molar-refractivity contribution >= 4 is 33.7 Å². The number of nitrogens with one attached hydrogen (secondary N) is 2. The van der Waals surface area contributed by atoms with Crippen molar-refractivity contribution in [1.29, 1.82) is 0 Å². The summed E-state index contributed by atoms with van der Waals surface area (Å²) in [6.07, 6.45) is 5.50. The predicted octanol–water partition coefficient (Wildman–Crippen LogP) is 4.12. The average molecular weight is 367 g/mol. The number of aromatic nitrogens is 5. The number of para-hydroxylation sites is 1.